The SMILES string of the molecule is CC[C@@H](C)[C@H](NC(=O)OC(C)(C)C)C(=S)N[C@@H](CO)C(=O)OC. The van der Waals surface area contributed by atoms with E-state index in [0.29, 0.717) is 0 Å². The number of carbonyl (C=O) groups is 2. The predicted molar refractivity (Wildman–Crippen MR) is 91.2 cm³/mol. The van der Waals surface area contributed by atoms with Crippen molar-refractivity contribution in [3.63, 3.8) is 0 Å². The van der Waals surface area contributed by atoms with Gasteiger partial charge in [-0.05, 0) is 26.7 Å². The number of esters is 1. The number of amides is 1. The van der Waals surface area contributed by atoms with Gasteiger partial charge in [-0.25, -0.2) is 9.59 Å². The van der Waals surface area contributed by atoms with Crippen molar-refractivity contribution in [1.82, 2.24) is 10.6 Å². The highest BCUT2D eigenvalue weighted by atomic mass is 32.1. The molecule has 0 aliphatic carbocycles. The van der Waals surface area contributed by atoms with Crippen molar-refractivity contribution in [2.45, 2.75) is 58.7 Å². The lowest BCUT2D eigenvalue weighted by Gasteiger charge is -2.29. The number of aliphatic hydroxyl groups excluding tert-OH is 1. The molecule has 134 valence electrons. The third kappa shape index (κ3) is 8.13. The van der Waals surface area contributed by atoms with Crippen molar-refractivity contribution in [1.29, 1.82) is 0 Å². The third-order valence-electron chi connectivity index (χ3n) is 3.15. The van der Waals surface area contributed by atoms with Gasteiger partial charge in [0.2, 0.25) is 0 Å². The molecule has 1 amide bonds. The van der Waals surface area contributed by atoms with Gasteiger partial charge in [0.05, 0.1) is 24.7 Å². The maximum atomic E-state index is 12.0. The van der Waals surface area contributed by atoms with Crippen molar-refractivity contribution in [2.75, 3.05) is 13.7 Å². The summed E-state index contributed by atoms with van der Waals surface area (Å²) in [7, 11) is 1.22. The molecule has 0 aliphatic rings. The van der Waals surface area contributed by atoms with Crippen molar-refractivity contribution in [3.8, 4) is 0 Å². The second-order valence-electron chi connectivity index (χ2n) is 6.28. The quantitative estimate of drug-likeness (QED) is 0.472. The van der Waals surface area contributed by atoms with E-state index in [1.807, 2.05) is 13.8 Å². The second kappa shape index (κ2) is 9.67. The van der Waals surface area contributed by atoms with Crippen LogP contribution in [0.15, 0.2) is 0 Å². The number of nitrogens with one attached hydrogen (secondary N) is 2. The zero-order valence-electron chi connectivity index (χ0n) is 14.6. The van der Waals surface area contributed by atoms with Gasteiger partial charge in [-0.1, -0.05) is 32.5 Å². The number of hydrogen-bond acceptors (Lipinski definition) is 6. The van der Waals surface area contributed by atoms with E-state index in [-0.39, 0.29) is 10.9 Å². The van der Waals surface area contributed by atoms with Crippen LogP contribution in [0.3, 0.4) is 0 Å². The minimum Gasteiger partial charge on any atom is -0.467 e. The van der Waals surface area contributed by atoms with Gasteiger partial charge in [-0.2, -0.15) is 0 Å². The molecule has 0 rings (SSSR count). The first-order valence-corrected chi connectivity index (χ1v) is 7.95. The van der Waals surface area contributed by atoms with Crippen molar-refractivity contribution in [2.24, 2.45) is 5.92 Å². The lowest BCUT2D eigenvalue weighted by molar-refractivity contribution is -0.143. The fourth-order valence-corrected chi connectivity index (χ4v) is 2.15. The van der Waals surface area contributed by atoms with Crippen LogP contribution in [0.2, 0.25) is 0 Å². The van der Waals surface area contributed by atoms with Gasteiger partial charge in [0.1, 0.15) is 11.6 Å². The summed E-state index contributed by atoms with van der Waals surface area (Å²) in [5, 5.41) is 14.7. The molecule has 0 unspecified atom stereocenters. The first kappa shape index (κ1) is 21.6. The number of hydrogen-bond donors (Lipinski definition) is 3. The summed E-state index contributed by atoms with van der Waals surface area (Å²) >= 11 is 5.29. The van der Waals surface area contributed by atoms with Crippen molar-refractivity contribution >= 4 is 29.3 Å². The Hall–Kier alpha value is -1.41. The standard InChI is InChI=1S/C15H28N2O5S/c1-7-9(2)11(17-14(20)22-15(3,4)5)12(23)16-10(8-18)13(19)21-6/h9-11,18H,7-8H2,1-6H3,(H,16,23)(H,17,20)/t9-,10+,11+/m1/s1. The van der Waals surface area contributed by atoms with Crippen LogP contribution < -0.4 is 10.6 Å². The van der Waals surface area contributed by atoms with E-state index >= 15 is 0 Å². The van der Waals surface area contributed by atoms with Crippen LogP contribution >= 0.6 is 12.2 Å². The van der Waals surface area contributed by atoms with Gasteiger partial charge in [-0.3, -0.25) is 0 Å². The normalized spacial score (nSPS) is 15.1. The largest absolute Gasteiger partial charge is 0.467 e. The van der Waals surface area contributed by atoms with Crippen LogP contribution in [-0.4, -0.2) is 53.6 Å². The van der Waals surface area contributed by atoms with Crippen molar-refractivity contribution < 1.29 is 24.2 Å². The number of alkyl carbamates (subject to hydrolysis) is 1. The Morgan fingerprint density at radius 2 is 1.83 bits per heavy atom. The Labute approximate surface area is 143 Å². The van der Waals surface area contributed by atoms with Crippen LogP contribution in [0.4, 0.5) is 4.79 Å². The molecule has 0 saturated heterocycles. The van der Waals surface area contributed by atoms with Gasteiger partial charge in [0, 0.05) is 0 Å². The zero-order chi connectivity index (χ0) is 18.2. The molecule has 0 aliphatic heterocycles. The first-order chi connectivity index (χ1) is 10.6. The van der Waals surface area contributed by atoms with Crippen molar-refractivity contribution in [3.05, 3.63) is 0 Å². The highest BCUT2D eigenvalue weighted by molar-refractivity contribution is 7.80. The first-order valence-electron chi connectivity index (χ1n) is 7.54. The van der Waals surface area contributed by atoms with Crippen LogP contribution in [0.5, 0.6) is 0 Å². The average Bonchev–Trinajstić information content (AvgIpc) is 2.46. The summed E-state index contributed by atoms with van der Waals surface area (Å²) in [5.74, 6) is -0.616. The van der Waals surface area contributed by atoms with Gasteiger partial charge in [0.15, 0.2) is 0 Å². The van der Waals surface area contributed by atoms with Crippen LogP contribution in [0.25, 0.3) is 0 Å². The summed E-state index contributed by atoms with van der Waals surface area (Å²) in [4.78, 5) is 23.8. The highest BCUT2D eigenvalue weighted by Gasteiger charge is 2.28. The molecule has 3 atom stereocenters. The number of methoxy groups -OCH3 is 1. The van der Waals surface area contributed by atoms with E-state index in [1.54, 1.807) is 20.8 Å². The van der Waals surface area contributed by atoms with Gasteiger partial charge in [0.25, 0.3) is 0 Å². The number of thiocarbonyl (C=S) groups is 1. The van der Waals surface area contributed by atoms with E-state index in [2.05, 4.69) is 15.4 Å². The van der Waals surface area contributed by atoms with E-state index in [4.69, 9.17) is 17.0 Å². The molecule has 8 heteroatoms. The minimum atomic E-state index is -0.973. The molecule has 3 N–H and O–H groups in total. The Bertz CT molecular complexity index is 423. The van der Waals surface area contributed by atoms with Gasteiger partial charge in [-0.15, -0.1) is 0 Å². The van der Waals surface area contributed by atoms with Crippen LogP contribution in [0.1, 0.15) is 41.0 Å². The summed E-state index contributed by atoms with van der Waals surface area (Å²) < 4.78 is 9.82. The van der Waals surface area contributed by atoms with Crippen LogP contribution in [0, 0.1) is 5.92 Å². The minimum absolute atomic E-state index is 0.0134. The van der Waals surface area contributed by atoms with Gasteiger partial charge >= 0.3 is 12.1 Å². The maximum Gasteiger partial charge on any atom is 0.408 e. The highest BCUT2D eigenvalue weighted by Crippen LogP contribution is 2.12. The van der Waals surface area contributed by atoms with E-state index in [0.717, 1.165) is 6.42 Å². The topological polar surface area (TPSA) is 96.9 Å². The Morgan fingerprint density at radius 1 is 1.26 bits per heavy atom. The zero-order valence-corrected chi connectivity index (χ0v) is 15.5. The van der Waals surface area contributed by atoms with Gasteiger partial charge < -0.3 is 25.2 Å². The molecule has 7 nitrogen and oxygen atoms in total. The molecule has 0 bridgehead atoms. The molecule has 0 fully saturated rings. The molecular formula is C15H28N2O5S. The third-order valence-corrected chi connectivity index (χ3v) is 3.52. The molecule has 0 radical (unpaired) electrons. The lowest BCUT2D eigenvalue weighted by atomic mass is 9.99. The number of carbonyl (C=O) groups excluding carboxylic acids is 2. The fourth-order valence-electron chi connectivity index (χ4n) is 1.72. The number of aliphatic hydroxyl groups is 1. The molecule has 23 heavy (non-hydrogen) atoms. The molecule has 0 saturated carbocycles. The monoisotopic (exact) mass is 348 g/mol. The van der Waals surface area contributed by atoms with Crippen LogP contribution in [-0.2, 0) is 14.3 Å². The fraction of sp³-hybridized carbons (Fsp3) is 0.800. The smallest absolute Gasteiger partial charge is 0.408 e. The summed E-state index contributed by atoms with van der Waals surface area (Å²) in [5.41, 5.74) is -0.626. The van der Waals surface area contributed by atoms with E-state index in [9.17, 15) is 14.7 Å². The summed E-state index contributed by atoms with van der Waals surface area (Å²) in [6.07, 6.45) is 0.162. The molecular weight excluding hydrogens is 320 g/mol. The lowest BCUT2D eigenvalue weighted by Crippen LogP contribution is -2.54. The van der Waals surface area contributed by atoms with E-state index in [1.165, 1.54) is 7.11 Å². The second-order valence-corrected chi connectivity index (χ2v) is 6.72. The predicted octanol–water partition coefficient (Wildman–Crippen LogP) is 1.38. The van der Waals surface area contributed by atoms with E-state index < -0.39 is 36.4 Å². The summed E-state index contributed by atoms with van der Waals surface area (Å²) in [6.45, 7) is 8.71. The molecule has 0 heterocycles. The number of rotatable bonds is 7. The maximum absolute atomic E-state index is 12.0. The Balaban J connectivity index is 4.99. The summed E-state index contributed by atoms with van der Waals surface area (Å²) in [6, 6.07) is -1.50. The average molecular weight is 348 g/mol. The Kier molecular flexibility index (Phi) is 9.07. The molecule has 0 aromatic heterocycles. The molecule has 0 aromatic rings. The molecule has 0 spiro atoms. The Morgan fingerprint density at radius 3 is 2.22 bits per heavy atom. The molecule has 0 aromatic carbocycles. The number of ether oxygens (including phenoxy) is 2.